The van der Waals surface area contributed by atoms with Crippen molar-refractivity contribution in [1.29, 1.82) is 0 Å². The summed E-state index contributed by atoms with van der Waals surface area (Å²) < 4.78 is 11.6. The Labute approximate surface area is 269 Å². The molecular formula is C35H32N4O8. The summed E-state index contributed by atoms with van der Waals surface area (Å²) in [5.41, 5.74) is -0.574. The van der Waals surface area contributed by atoms with Crippen LogP contribution in [0.5, 0.6) is 11.6 Å². The van der Waals surface area contributed by atoms with Gasteiger partial charge in [-0.25, -0.2) is 0 Å². The zero-order valence-corrected chi connectivity index (χ0v) is 25.9. The molecule has 0 radical (unpaired) electrons. The molecule has 0 unspecified atom stereocenters. The molecule has 12 nitrogen and oxygen atoms in total. The van der Waals surface area contributed by atoms with Gasteiger partial charge in [-0.2, -0.15) is 0 Å². The topological polar surface area (TPSA) is 167 Å². The molecule has 2 aromatic heterocycles. The number of hydrogen-bond acceptors (Lipinski definition) is 11. The highest BCUT2D eigenvalue weighted by atomic mass is 16.5. The third-order valence-electron chi connectivity index (χ3n) is 9.40. The third-order valence-corrected chi connectivity index (χ3v) is 9.40. The molecule has 7 rings (SSSR count). The molecule has 3 aliphatic rings. The van der Waals surface area contributed by atoms with E-state index in [1.807, 2.05) is 30.3 Å². The summed E-state index contributed by atoms with van der Waals surface area (Å²) in [7, 11) is 3.50. The van der Waals surface area contributed by atoms with Crippen molar-refractivity contribution in [2.24, 2.45) is 11.8 Å². The third kappa shape index (κ3) is 4.63. The average molecular weight is 637 g/mol. The first-order valence-corrected chi connectivity index (χ1v) is 15.2. The van der Waals surface area contributed by atoms with Gasteiger partial charge in [0.25, 0.3) is 5.88 Å². The molecule has 1 saturated carbocycles. The zero-order valence-electron chi connectivity index (χ0n) is 25.9. The van der Waals surface area contributed by atoms with Crippen LogP contribution in [-0.2, 0) is 22.6 Å². The van der Waals surface area contributed by atoms with Crippen LogP contribution in [0.4, 0.5) is 11.4 Å². The Morgan fingerprint density at radius 2 is 1.74 bits per heavy atom. The average Bonchev–Trinajstić information content (AvgIpc) is 3.46. The first-order chi connectivity index (χ1) is 22.5. The summed E-state index contributed by atoms with van der Waals surface area (Å²) in [6.45, 7) is 1.47. The van der Waals surface area contributed by atoms with Gasteiger partial charge in [0.1, 0.15) is 23.7 Å². The first-order valence-electron chi connectivity index (χ1n) is 15.2. The molecule has 3 aliphatic carbocycles. The van der Waals surface area contributed by atoms with Gasteiger partial charge in [-0.1, -0.05) is 30.3 Å². The maximum Gasteiger partial charge on any atom is 0.265 e. The van der Waals surface area contributed by atoms with Crippen LogP contribution in [0.25, 0.3) is 5.76 Å². The van der Waals surface area contributed by atoms with Crippen molar-refractivity contribution >= 4 is 34.6 Å². The molecule has 240 valence electrons. The van der Waals surface area contributed by atoms with E-state index < -0.39 is 40.8 Å². The van der Waals surface area contributed by atoms with Crippen molar-refractivity contribution in [2.45, 2.75) is 38.0 Å². The van der Waals surface area contributed by atoms with E-state index in [2.05, 4.69) is 10.1 Å². The minimum Gasteiger partial charge on any atom is -0.507 e. The second-order valence-corrected chi connectivity index (χ2v) is 12.4. The van der Waals surface area contributed by atoms with Gasteiger partial charge in [0.15, 0.2) is 11.4 Å². The summed E-state index contributed by atoms with van der Waals surface area (Å²) in [6.07, 6.45) is 3.41. The molecule has 47 heavy (non-hydrogen) atoms. The van der Waals surface area contributed by atoms with Crippen LogP contribution in [-0.4, -0.2) is 67.5 Å². The molecule has 0 saturated heterocycles. The summed E-state index contributed by atoms with van der Waals surface area (Å²) in [6, 6.07) is 14.8. The van der Waals surface area contributed by atoms with Crippen LogP contribution >= 0.6 is 0 Å². The summed E-state index contributed by atoms with van der Waals surface area (Å²) in [5.74, 6) is -4.55. The number of carbonyl (C=O) groups excluding carboxylic acids is 3. The molecule has 0 aliphatic heterocycles. The van der Waals surface area contributed by atoms with E-state index in [1.54, 1.807) is 49.6 Å². The SMILES string of the molecule is CC(=O)N(c1ccncc1)c1cc(O)c2c(c1)C[C@H]1C[C@H]3[C@H](N(C)C)c4onc(OCc5ccccc5)c4C(=O)[C@@]3(O)C(=O)C1=C2O. The highest BCUT2D eigenvalue weighted by Crippen LogP contribution is 2.56. The summed E-state index contributed by atoms with van der Waals surface area (Å²) in [4.78, 5) is 48.5. The molecular weight excluding hydrogens is 604 g/mol. The van der Waals surface area contributed by atoms with Crippen molar-refractivity contribution in [3.05, 3.63) is 101 Å². The number of anilines is 2. The fraction of sp³-hybridized carbons (Fsp3) is 0.286. The number of amides is 1. The van der Waals surface area contributed by atoms with Gasteiger partial charge in [-0.3, -0.25) is 29.2 Å². The Hall–Kier alpha value is -5.33. The highest BCUT2D eigenvalue weighted by Gasteiger charge is 2.65. The van der Waals surface area contributed by atoms with E-state index >= 15 is 0 Å². The standard InChI is InChI=1S/C35H32N4O8/c1-18(40)39(22-9-11-36-12-10-22)23-14-20-13-21-15-24-29(38(2)3)31-28(34(37-47-31)46-17-19-7-5-4-6-8-19)33(44)35(24,45)32(43)27(21)30(42)26(20)25(41)16-23/h4-12,14,16,21,24,29,41-42,45H,13,15,17H2,1-3H3/t21-,24-,29-,35-/m0/s1. The van der Waals surface area contributed by atoms with E-state index in [1.165, 1.54) is 17.9 Å². The smallest absolute Gasteiger partial charge is 0.265 e. The molecule has 2 heterocycles. The number of phenolic OH excluding ortho intramolecular Hbond substituents is 1. The molecule has 4 aromatic rings. The number of rotatable bonds is 6. The molecule has 2 aromatic carbocycles. The minimum absolute atomic E-state index is 0.0126. The number of Topliss-reactive ketones (excluding diaryl/α,β-unsaturated/α-hetero) is 2. The maximum absolute atomic E-state index is 14.4. The number of nitrogens with zero attached hydrogens (tertiary/aromatic N) is 4. The number of aliphatic hydroxyl groups excluding tert-OH is 1. The molecule has 4 atom stereocenters. The maximum atomic E-state index is 14.4. The predicted octanol–water partition coefficient (Wildman–Crippen LogP) is 4.30. The predicted molar refractivity (Wildman–Crippen MR) is 168 cm³/mol. The Morgan fingerprint density at radius 1 is 1.02 bits per heavy atom. The van der Waals surface area contributed by atoms with Crippen LogP contribution in [0, 0.1) is 11.8 Å². The lowest BCUT2D eigenvalue weighted by Gasteiger charge is -2.49. The number of benzene rings is 2. The van der Waals surface area contributed by atoms with Crippen molar-refractivity contribution in [3.8, 4) is 11.6 Å². The summed E-state index contributed by atoms with van der Waals surface area (Å²) in [5, 5.41) is 39.0. The number of phenols is 1. The van der Waals surface area contributed by atoms with Gasteiger partial charge in [-0.05, 0) is 67.3 Å². The van der Waals surface area contributed by atoms with Crippen molar-refractivity contribution in [2.75, 3.05) is 19.0 Å². The van der Waals surface area contributed by atoms with Crippen molar-refractivity contribution in [3.63, 3.8) is 0 Å². The molecule has 3 N–H and O–H groups in total. The minimum atomic E-state index is -2.56. The number of fused-ring (bicyclic) bond motifs is 4. The van der Waals surface area contributed by atoms with Gasteiger partial charge in [0.05, 0.1) is 23.0 Å². The second-order valence-electron chi connectivity index (χ2n) is 12.4. The Kier molecular flexibility index (Phi) is 7.21. The van der Waals surface area contributed by atoms with Crippen LogP contribution in [0.2, 0.25) is 0 Å². The van der Waals surface area contributed by atoms with Gasteiger partial charge in [0, 0.05) is 36.9 Å². The molecule has 1 fully saturated rings. The monoisotopic (exact) mass is 636 g/mol. The molecule has 12 heteroatoms. The Balaban J connectivity index is 1.30. The fourth-order valence-electron chi connectivity index (χ4n) is 7.40. The summed E-state index contributed by atoms with van der Waals surface area (Å²) >= 11 is 0. The number of carbonyl (C=O) groups is 3. The van der Waals surface area contributed by atoms with Gasteiger partial charge in [0.2, 0.25) is 17.5 Å². The van der Waals surface area contributed by atoms with Crippen LogP contribution in [0.3, 0.4) is 0 Å². The second kappa shape index (κ2) is 11.2. The lowest BCUT2D eigenvalue weighted by atomic mass is 9.57. The van der Waals surface area contributed by atoms with Crippen molar-refractivity contribution in [1.82, 2.24) is 15.0 Å². The number of pyridine rings is 1. The van der Waals surface area contributed by atoms with Crippen LogP contribution in [0.1, 0.15) is 52.2 Å². The van der Waals surface area contributed by atoms with Crippen molar-refractivity contribution < 1.29 is 39.0 Å². The van der Waals surface area contributed by atoms with E-state index in [-0.39, 0.29) is 59.4 Å². The number of hydrogen-bond donors (Lipinski definition) is 3. The largest absolute Gasteiger partial charge is 0.507 e. The Bertz CT molecular complexity index is 1950. The Morgan fingerprint density at radius 3 is 2.43 bits per heavy atom. The van der Waals surface area contributed by atoms with E-state index in [0.717, 1.165) is 5.56 Å². The number of ketones is 2. The number of ether oxygens (including phenoxy) is 1. The first kappa shape index (κ1) is 30.3. The quantitative estimate of drug-likeness (QED) is 0.258. The lowest BCUT2D eigenvalue weighted by Crippen LogP contribution is -2.63. The van der Waals surface area contributed by atoms with Crippen LogP contribution < -0.4 is 9.64 Å². The molecule has 0 spiro atoms. The van der Waals surface area contributed by atoms with Crippen LogP contribution in [0.15, 0.2) is 77.1 Å². The van der Waals surface area contributed by atoms with E-state index in [0.29, 0.717) is 16.9 Å². The number of aliphatic hydroxyl groups is 2. The van der Waals surface area contributed by atoms with E-state index in [9.17, 15) is 29.7 Å². The highest BCUT2D eigenvalue weighted by molar-refractivity contribution is 6.26. The molecule has 1 amide bonds. The van der Waals surface area contributed by atoms with Gasteiger partial charge in [-0.15, -0.1) is 0 Å². The zero-order chi connectivity index (χ0) is 33.2. The molecule has 0 bridgehead atoms. The number of aromatic hydroxyl groups is 1. The van der Waals surface area contributed by atoms with Gasteiger partial charge < -0.3 is 24.6 Å². The number of aromatic nitrogens is 2. The normalized spacial score (nSPS) is 23.1. The van der Waals surface area contributed by atoms with Gasteiger partial charge >= 0.3 is 0 Å². The fourth-order valence-corrected chi connectivity index (χ4v) is 7.40. The lowest BCUT2D eigenvalue weighted by molar-refractivity contribution is -0.142. The van der Waals surface area contributed by atoms with E-state index in [4.69, 9.17) is 9.26 Å².